The van der Waals surface area contributed by atoms with E-state index in [1.165, 1.54) is 12.1 Å². The van der Waals surface area contributed by atoms with E-state index in [1.807, 2.05) is 6.92 Å². The smallest absolute Gasteiger partial charge is 0.233 e. The minimum Gasteiger partial charge on any atom is -0.494 e. The van der Waals surface area contributed by atoms with Crippen LogP contribution in [0.2, 0.25) is 0 Å². The number of anilines is 1. The largest absolute Gasteiger partial charge is 0.494 e. The molecule has 0 aliphatic carbocycles. The number of benzene rings is 2. The Morgan fingerprint density at radius 2 is 1.81 bits per heavy atom. The van der Waals surface area contributed by atoms with Crippen LogP contribution >= 0.6 is 0 Å². The van der Waals surface area contributed by atoms with Gasteiger partial charge in [0.15, 0.2) is 11.5 Å². The molecule has 32 heavy (non-hydrogen) atoms. The topological polar surface area (TPSA) is 109 Å². The molecule has 2 aromatic carbocycles. The lowest BCUT2D eigenvalue weighted by molar-refractivity contribution is 0.171. The summed E-state index contributed by atoms with van der Waals surface area (Å²) in [6, 6.07) is 11.5. The van der Waals surface area contributed by atoms with E-state index in [0.29, 0.717) is 55.8 Å². The number of hydrogen-bond acceptors (Lipinski definition) is 9. The van der Waals surface area contributed by atoms with Crippen molar-refractivity contribution in [2.75, 3.05) is 45.4 Å². The molecule has 0 unspecified atom stereocenters. The molecular weight excluding hydrogens is 436 g/mol. The van der Waals surface area contributed by atoms with Crippen molar-refractivity contribution in [1.82, 2.24) is 4.98 Å². The van der Waals surface area contributed by atoms with Crippen molar-refractivity contribution in [1.29, 1.82) is 0 Å². The average molecular weight is 461 g/mol. The molecule has 0 saturated heterocycles. The molecule has 1 aliphatic rings. The maximum absolute atomic E-state index is 13.4. The fraction of sp³-hybridized carbons (Fsp3) is 0.318. The number of nitrogens with zero attached hydrogens (tertiary/aromatic N) is 1. The highest BCUT2D eigenvalue weighted by Crippen LogP contribution is 2.37. The Labute approximate surface area is 186 Å². The lowest BCUT2D eigenvalue weighted by atomic mass is 10.2. The Morgan fingerprint density at radius 1 is 1.06 bits per heavy atom. The number of ether oxygens (including phenoxy) is 4. The maximum Gasteiger partial charge on any atom is 0.233 e. The number of rotatable bonds is 9. The van der Waals surface area contributed by atoms with Crippen LogP contribution in [-0.4, -0.2) is 53.5 Å². The molecule has 9 nitrogen and oxygen atoms in total. The van der Waals surface area contributed by atoms with Gasteiger partial charge in [-0.25, -0.2) is 8.42 Å². The highest BCUT2D eigenvalue weighted by atomic mass is 32.2. The van der Waals surface area contributed by atoms with Crippen LogP contribution in [0.5, 0.6) is 17.2 Å². The molecule has 1 aliphatic heterocycles. The van der Waals surface area contributed by atoms with Gasteiger partial charge in [-0.2, -0.15) is 4.98 Å². The van der Waals surface area contributed by atoms with Gasteiger partial charge in [-0.05, 0) is 43.3 Å². The quantitative estimate of drug-likeness (QED) is 0.481. The van der Waals surface area contributed by atoms with Gasteiger partial charge in [0, 0.05) is 25.3 Å². The average Bonchev–Trinajstić information content (AvgIpc) is 3.25. The number of methoxy groups -OCH3 is 1. The van der Waals surface area contributed by atoms with Gasteiger partial charge >= 0.3 is 0 Å². The van der Waals surface area contributed by atoms with Crippen molar-refractivity contribution in [2.24, 2.45) is 0 Å². The molecule has 0 fully saturated rings. The summed E-state index contributed by atoms with van der Waals surface area (Å²) in [6.07, 6.45) is 0. The molecule has 0 radical (unpaired) electrons. The zero-order valence-electron chi connectivity index (χ0n) is 17.8. The zero-order chi connectivity index (χ0) is 22.6. The summed E-state index contributed by atoms with van der Waals surface area (Å²) >= 11 is 0. The Balaban J connectivity index is 1.72. The van der Waals surface area contributed by atoms with Crippen LogP contribution in [0.3, 0.4) is 0 Å². The van der Waals surface area contributed by atoms with Gasteiger partial charge in [0.2, 0.25) is 26.6 Å². The van der Waals surface area contributed by atoms with E-state index in [-0.39, 0.29) is 21.7 Å². The van der Waals surface area contributed by atoms with Crippen LogP contribution in [0.1, 0.15) is 6.92 Å². The number of hydrogen-bond donors (Lipinski definition) is 1. The summed E-state index contributed by atoms with van der Waals surface area (Å²) in [4.78, 5) is 4.35. The van der Waals surface area contributed by atoms with Gasteiger partial charge in [-0.3, -0.25) is 0 Å². The van der Waals surface area contributed by atoms with E-state index in [9.17, 15) is 8.42 Å². The normalized spacial score (nSPS) is 13.1. The monoisotopic (exact) mass is 460 g/mol. The third-order valence-corrected chi connectivity index (χ3v) is 6.34. The number of aromatic nitrogens is 1. The van der Waals surface area contributed by atoms with Crippen molar-refractivity contribution in [3.63, 3.8) is 0 Å². The van der Waals surface area contributed by atoms with Crippen LogP contribution in [0, 0.1) is 0 Å². The summed E-state index contributed by atoms with van der Waals surface area (Å²) in [5.74, 6) is 1.79. The van der Waals surface area contributed by atoms with E-state index in [4.69, 9.17) is 23.4 Å². The number of fused-ring (bicyclic) bond motifs is 1. The summed E-state index contributed by atoms with van der Waals surface area (Å²) in [7, 11) is -2.46. The Kier molecular flexibility index (Phi) is 6.52. The van der Waals surface area contributed by atoms with Crippen molar-refractivity contribution in [3.05, 3.63) is 42.5 Å². The lowest BCUT2D eigenvalue weighted by Gasteiger charge is -2.18. The molecule has 1 aromatic heterocycles. The molecule has 2 heterocycles. The summed E-state index contributed by atoms with van der Waals surface area (Å²) in [6.45, 7) is 3.92. The van der Waals surface area contributed by atoms with Gasteiger partial charge in [-0.15, -0.1) is 0 Å². The first-order valence-corrected chi connectivity index (χ1v) is 11.6. The number of oxazole rings is 1. The van der Waals surface area contributed by atoms with Crippen LogP contribution in [0.25, 0.3) is 11.5 Å². The molecule has 0 atom stereocenters. The second-order valence-electron chi connectivity index (χ2n) is 6.84. The SMILES string of the molecule is CCOc1ccc(-c2nc(S(=O)(=O)c3ccc4c(c3)OCCO4)c(NCCOC)o2)cc1. The van der Waals surface area contributed by atoms with E-state index < -0.39 is 9.84 Å². The Bertz CT molecular complexity index is 1170. The molecule has 0 spiro atoms. The molecule has 0 bridgehead atoms. The van der Waals surface area contributed by atoms with Crippen molar-refractivity contribution < 1.29 is 31.8 Å². The predicted molar refractivity (Wildman–Crippen MR) is 116 cm³/mol. The van der Waals surface area contributed by atoms with Crippen molar-refractivity contribution >= 4 is 15.7 Å². The third kappa shape index (κ3) is 4.51. The van der Waals surface area contributed by atoms with E-state index in [1.54, 1.807) is 37.4 Å². The molecule has 10 heteroatoms. The third-order valence-electron chi connectivity index (χ3n) is 4.68. The summed E-state index contributed by atoms with van der Waals surface area (Å²) < 4.78 is 54.2. The second-order valence-corrected chi connectivity index (χ2v) is 8.70. The number of sulfone groups is 1. The summed E-state index contributed by atoms with van der Waals surface area (Å²) in [5, 5.41) is 2.75. The molecule has 170 valence electrons. The van der Waals surface area contributed by atoms with Crippen LogP contribution in [0.15, 0.2) is 56.8 Å². The van der Waals surface area contributed by atoms with Crippen LogP contribution < -0.4 is 19.5 Å². The van der Waals surface area contributed by atoms with Crippen LogP contribution in [-0.2, 0) is 14.6 Å². The zero-order valence-corrected chi connectivity index (χ0v) is 18.6. The van der Waals surface area contributed by atoms with Crippen molar-refractivity contribution in [2.45, 2.75) is 16.8 Å². The fourth-order valence-corrected chi connectivity index (χ4v) is 4.45. The fourth-order valence-electron chi connectivity index (χ4n) is 3.15. The summed E-state index contributed by atoms with van der Waals surface area (Å²) in [5.41, 5.74) is 0.617. The molecule has 0 saturated carbocycles. The standard InChI is InChI=1S/C22H24N2O7S/c1-3-28-16-6-4-15(5-7-16)20-24-22(21(31-20)23-10-11-27-2)32(25,26)17-8-9-18-19(14-17)30-13-12-29-18/h4-9,14,23H,3,10-13H2,1-2H3. The van der Waals surface area contributed by atoms with Gasteiger partial charge in [0.25, 0.3) is 0 Å². The van der Waals surface area contributed by atoms with E-state index >= 15 is 0 Å². The first-order valence-electron chi connectivity index (χ1n) is 10.1. The lowest BCUT2D eigenvalue weighted by Crippen LogP contribution is -2.16. The molecular formula is C22H24N2O7S. The number of nitrogens with one attached hydrogen (secondary N) is 1. The highest BCUT2D eigenvalue weighted by Gasteiger charge is 2.30. The van der Waals surface area contributed by atoms with E-state index in [0.717, 1.165) is 0 Å². The predicted octanol–water partition coefficient (Wildman–Crippen LogP) is 3.40. The Hall–Kier alpha value is -3.24. The molecule has 1 N–H and O–H groups in total. The molecule has 0 amide bonds. The first kappa shape index (κ1) is 22.0. The highest BCUT2D eigenvalue weighted by molar-refractivity contribution is 7.91. The van der Waals surface area contributed by atoms with Crippen LogP contribution in [0.4, 0.5) is 5.88 Å². The maximum atomic E-state index is 13.4. The van der Waals surface area contributed by atoms with Crippen molar-refractivity contribution in [3.8, 4) is 28.7 Å². The molecule has 3 aromatic rings. The van der Waals surface area contributed by atoms with Gasteiger partial charge < -0.3 is 28.7 Å². The van der Waals surface area contributed by atoms with Gasteiger partial charge in [0.1, 0.15) is 19.0 Å². The minimum absolute atomic E-state index is 0.0306. The first-order chi connectivity index (χ1) is 15.5. The minimum atomic E-state index is -4.01. The van der Waals surface area contributed by atoms with Gasteiger partial charge in [0.05, 0.1) is 18.1 Å². The van der Waals surface area contributed by atoms with Gasteiger partial charge in [-0.1, -0.05) is 0 Å². The molecule has 4 rings (SSSR count). The Morgan fingerprint density at radius 3 is 2.53 bits per heavy atom. The van der Waals surface area contributed by atoms with E-state index in [2.05, 4.69) is 10.3 Å². The second kappa shape index (κ2) is 9.49.